The number of anilines is 5. The molecular formula is C24H21N9O2S. The lowest BCUT2D eigenvalue weighted by molar-refractivity contribution is 0.598. The number of nitrogens with one attached hydrogen (secondary N) is 4. The van der Waals surface area contributed by atoms with Gasteiger partial charge >= 0.3 is 0 Å². The summed E-state index contributed by atoms with van der Waals surface area (Å²) >= 11 is 0. The molecule has 0 amide bonds. The van der Waals surface area contributed by atoms with Crippen LogP contribution in [-0.2, 0) is 10.0 Å². The summed E-state index contributed by atoms with van der Waals surface area (Å²) in [6.45, 7) is 0. The summed E-state index contributed by atoms with van der Waals surface area (Å²) in [5.74, 6) is 0.699. The Morgan fingerprint density at radius 2 is 1.39 bits per heavy atom. The molecule has 2 heterocycles. The molecule has 36 heavy (non-hydrogen) atoms. The zero-order valence-electron chi connectivity index (χ0n) is 18.8. The lowest BCUT2D eigenvalue weighted by Crippen LogP contribution is -2.12. The van der Waals surface area contributed by atoms with E-state index in [1.165, 1.54) is 12.1 Å². The Kier molecular flexibility index (Phi) is 6.26. The molecule has 2 aromatic heterocycles. The van der Waals surface area contributed by atoms with Crippen LogP contribution in [0.4, 0.5) is 29.2 Å². The number of H-pyrrole nitrogens is 1. The summed E-state index contributed by atoms with van der Waals surface area (Å²) in [6.07, 6.45) is 3.54. The maximum Gasteiger partial charge on any atom is 0.250 e. The van der Waals surface area contributed by atoms with Gasteiger partial charge in [0.15, 0.2) is 0 Å². The number of hydrogen-bond acceptors (Lipinski definition) is 9. The third-order valence-corrected chi connectivity index (χ3v) is 6.02. The van der Waals surface area contributed by atoms with Crippen LogP contribution in [0.1, 0.15) is 5.56 Å². The molecule has 5 aromatic rings. The Bertz CT molecular complexity index is 1630. The summed E-state index contributed by atoms with van der Waals surface area (Å²) < 4.78 is 23.0. The zero-order chi connectivity index (χ0) is 25.0. The van der Waals surface area contributed by atoms with Crippen LogP contribution in [0, 0.1) is 0 Å². The summed E-state index contributed by atoms with van der Waals surface area (Å²) in [5.41, 5.74) is 6.11. The van der Waals surface area contributed by atoms with E-state index in [2.05, 4.69) is 41.1 Å². The molecule has 6 N–H and O–H groups in total. The Balaban J connectivity index is 1.40. The number of fused-ring (bicyclic) bond motifs is 1. The quantitative estimate of drug-likeness (QED) is 0.158. The number of benzene rings is 3. The molecule has 0 saturated heterocycles. The van der Waals surface area contributed by atoms with Crippen molar-refractivity contribution in [3.63, 3.8) is 0 Å². The van der Waals surface area contributed by atoms with Crippen molar-refractivity contribution in [3.8, 4) is 0 Å². The van der Waals surface area contributed by atoms with Crippen molar-refractivity contribution in [2.24, 2.45) is 10.2 Å². The third-order valence-electron chi connectivity index (χ3n) is 5.09. The van der Waals surface area contributed by atoms with Crippen molar-refractivity contribution in [2.45, 2.75) is 4.90 Å². The molecule has 0 saturated carbocycles. The Labute approximate surface area is 206 Å². The highest BCUT2D eigenvalue weighted by molar-refractivity contribution is 7.89. The highest BCUT2D eigenvalue weighted by atomic mass is 32.2. The highest BCUT2D eigenvalue weighted by Crippen LogP contribution is 2.20. The lowest BCUT2D eigenvalue weighted by Gasteiger charge is -2.10. The Morgan fingerprint density at radius 1 is 0.778 bits per heavy atom. The van der Waals surface area contributed by atoms with E-state index < -0.39 is 10.0 Å². The van der Waals surface area contributed by atoms with Crippen molar-refractivity contribution in [3.05, 3.63) is 90.6 Å². The second-order valence-corrected chi connectivity index (χ2v) is 9.21. The molecule has 3 aromatic carbocycles. The number of nitrogens with two attached hydrogens (primary N) is 1. The molecule has 5 rings (SSSR count). The molecule has 0 fully saturated rings. The molecule has 0 bridgehead atoms. The number of hydrogen-bond donors (Lipinski definition) is 5. The van der Waals surface area contributed by atoms with E-state index in [4.69, 9.17) is 5.14 Å². The molecule has 11 nitrogen and oxygen atoms in total. The summed E-state index contributed by atoms with van der Waals surface area (Å²) in [6, 6.07) is 23.3. The Morgan fingerprint density at radius 3 is 2.08 bits per heavy atom. The third kappa shape index (κ3) is 5.46. The monoisotopic (exact) mass is 499 g/mol. The molecule has 12 heteroatoms. The van der Waals surface area contributed by atoms with Gasteiger partial charge in [-0.05, 0) is 42.5 Å². The topological polar surface area (TPSA) is 163 Å². The number of aromatic amines is 1. The number of para-hydroxylation sites is 2. The van der Waals surface area contributed by atoms with Crippen molar-refractivity contribution in [1.82, 2.24) is 19.9 Å². The summed E-state index contributed by atoms with van der Waals surface area (Å²) in [4.78, 5) is 16.4. The van der Waals surface area contributed by atoms with Crippen LogP contribution in [0.2, 0.25) is 0 Å². The second kappa shape index (κ2) is 9.82. The normalized spacial score (nSPS) is 11.6. The van der Waals surface area contributed by atoms with Crippen LogP contribution >= 0.6 is 0 Å². The van der Waals surface area contributed by atoms with Gasteiger partial charge in [-0.3, -0.25) is 0 Å². The average molecular weight is 500 g/mol. The van der Waals surface area contributed by atoms with Crippen LogP contribution in [0.5, 0.6) is 0 Å². The molecule has 0 spiro atoms. The smallest absolute Gasteiger partial charge is 0.250 e. The largest absolute Gasteiger partial charge is 0.361 e. The molecule has 0 atom stereocenters. The first kappa shape index (κ1) is 23.0. The maximum absolute atomic E-state index is 11.5. The van der Waals surface area contributed by atoms with Gasteiger partial charge in [-0.15, -0.1) is 0 Å². The number of sulfonamides is 1. The van der Waals surface area contributed by atoms with E-state index in [9.17, 15) is 8.42 Å². The summed E-state index contributed by atoms with van der Waals surface area (Å²) in [7, 11) is -3.79. The zero-order valence-corrected chi connectivity index (χ0v) is 19.6. The maximum atomic E-state index is 11.5. The van der Waals surface area contributed by atoms with Crippen LogP contribution in [0.25, 0.3) is 10.9 Å². The van der Waals surface area contributed by atoms with E-state index >= 15 is 0 Å². The first-order valence-corrected chi connectivity index (χ1v) is 12.3. The SMILES string of the molecule is NS(=O)(=O)c1ccc(Nc2nc(N/N=C/c3c[nH]c4ccccc34)nc(Nc3ccccc3)n2)cc1. The van der Waals surface area contributed by atoms with E-state index in [-0.39, 0.29) is 22.7 Å². The van der Waals surface area contributed by atoms with Gasteiger partial charge in [0.05, 0.1) is 11.1 Å². The highest BCUT2D eigenvalue weighted by Gasteiger charge is 2.10. The molecule has 0 aliphatic heterocycles. The first-order valence-electron chi connectivity index (χ1n) is 10.8. The standard InChI is InChI=1S/C24H21N9O2S/c25-36(34,35)19-12-10-18(11-13-19)29-23-30-22(28-17-6-2-1-3-7-17)31-24(32-23)33-27-15-16-14-26-21-9-5-4-8-20(16)21/h1-15,26H,(H2,25,34,35)(H3,28,29,30,31,32,33)/b27-15+. The van der Waals surface area contributed by atoms with Gasteiger partial charge < -0.3 is 15.6 Å². The van der Waals surface area contributed by atoms with Gasteiger partial charge in [0.25, 0.3) is 0 Å². The second-order valence-electron chi connectivity index (χ2n) is 7.65. The van der Waals surface area contributed by atoms with Gasteiger partial charge in [-0.1, -0.05) is 36.4 Å². The minimum Gasteiger partial charge on any atom is -0.361 e. The van der Waals surface area contributed by atoms with Crippen molar-refractivity contribution >= 4 is 56.4 Å². The van der Waals surface area contributed by atoms with Gasteiger partial charge in [0.2, 0.25) is 27.9 Å². The van der Waals surface area contributed by atoms with E-state index in [0.717, 1.165) is 22.2 Å². The van der Waals surface area contributed by atoms with Gasteiger partial charge in [0.1, 0.15) is 0 Å². The number of hydrazone groups is 1. The number of nitrogens with zero attached hydrogens (tertiary/aromatic N) is 4. The van der Waals surface area contributed by atoms with Crippen molar-refractivity contribution in [1.29, 1.82) is 0 Å². The Hall–Kier alpha value is -4.81. The van der Waals surface area contributed by atoms with Crippen molar-refractivity contribution < 1.29 is 8.42 Å². The molecule has 0 radical (unpaired) electrons. The fourth-order valence-corrected chi connectivity index (χ4v) is 3.92. The molecule has 0 unspecified atom stereocenters. The summed E-state index contributed by atoms with van der Waals surface area (Å²) in [5, 5.41) is 16.7. The van der Waals surface area contributed by atoms with E-state index in [0.29, 0.717) is 5.69 Å². The number of primary sulfonamides is 1. The predicted octanol–water partition coefficient (Wildman–Crippen LogP) is 3.93. The fourth-order valence-electron chi connectivity index (χ4n) is 3.41. The minimum atomic E-state index is -3.79. The van der Waals surface area contributed by atoms with Crippen LogP contribution < -0.4 is 21.2 Å². The molecule has 0 aliphatic carbocycles. The predicted molar refractivity (Wildman–Crippen MR) is 140 cm³/mol. The first-order chi connectivity index (χ1) is 17.4. The van der Waals surface area contributed by atoms with E-state index in [1.807, 2.05) is 60.8 Å². The molecular weight excluding hydrogens is 478 g/mol. The van der Waals surface area contributed by atoms with E-state index in [1.54, 1.807) is 18.3 Å². The fraction of sp³-hybridized carbons (Fsp3) is 0. The lowest BCUT2D eigenvalue weighted by atomic mass is 10.2. The van der Waals surface area contributed by atoms with Crippen LogP contribution in [-0.4, -0.2) is 34.6 Å². The van der Waals surface area contributed by atoms with Gasteiger partial charge in [-0.2, -0.15) is 20.1 Å². The van der Waals surface area contributed by atoms with Crippen LogP contribution in [0.3, 0.4) is 0 Å². The van der Waals surface area contributed by atoms with Gasteiger partial charge in [0, 0.05) is 34.0 Å². The van der Waals surface area contributed by atoms with Crippen molar-refractivity contribution in [2.75, 3.05) is 16.1 Å². The average Bonchev–Trinajstić information content (AvgIpc) is 3.27. The van der Waals surface area contributed by atoms with Gasteiger partial charge in [-0.25, -0.2) is 19.0 Å². The van der Waals surface area contributed by atoms with Crippen LogP contribution in [0.15, 0.2) is 95.1 Å². The minimum absolute atomic E-state index is 0.00380. The molecule has 0 aliphatic rings. The number of rotatable bonds is 8. The number of aromatic nitrogens is 4. The molecule has 180 valence electrons.